The molecule has 2 fully saturated rings. The van der Waals surface area contributed by atoms with E-state index in [2.05, 4.69) is 37.7 Å². The highest BCUT2D eigenvalue weighted by molar-refractivity contribution is 9.10. The molecule has 9 nitrogen and oxygen atoms in total. The van der Waals surface area contributed by atoms with E-state index >= 15 is 0 Å². The fraction of sp³-hybridized carbons (Fsp3) is 0.500. The number of aromatic nitrogens is 4. The predicted molar refractivity (Wildman–Crippen MR) is 134 cm³/mol. The number of ether oxygens (including phenoxy) is 2. The zero-order chi connectivity index (χ0) is 24.1. The maximum absolute atomic E-state index is 12.5. The number of nitrogen functional groups attached to an aromatic ring is 1. The first-order valence-corrected chi connectivity index (χ1v) is 13.6. The van der Waals surface area contributed by atoms with Gasteiger partial charge in [-0.05, 0) is 77.3 Å². The van der Waals surface area contributed by atoms with Gasteiger partial charge in [0.25, 0.3) is 0 Å². The number of aryl methyl sites for hydroxylation is 1. The van der Waals surface area contributed by atoms with Gasteiger partial charge in [0, 0.05) is 34.9 Å². The number of fused-ring (bicyclic) bond motifs is 2. The highest BCUT2D eigenvalue weighted by atomic mass is 79.9. The Balaban J connectivity index is 1.12. The highest BCUT2D eigenvalue weighted by Gasteiger charge is 2.42. The van der Waals surface area contributed by atoms with Crippen LogP contribution in [0.2, 0.25) is 0 Å². The third kappa shape index (κ3) is 4.55. The third-order valence-electron chi connectivity index (χ3n) is 7.23. The third-order valence-corrected chi connectivity index (χ3v) is 9.07. The van der Waals surface area contributed by atoms with Gasteiger partial charge in [-0.2, -0.15) is 0 Å². The van der Waals surface area contributed by atoms with E-state index in [-0.39, 0.29) is 12.7 Å². The number of carbonyl (C=O) groups is 1. The number of hydrogen-bond donors (Lipinski definition) is 1. The van der Waals surface area contributed by atoms with Crippen molar-refractivity contribution >= 4 is 39.4 Å². The summed E-state index contributed by atoms with van der Waals surface area (Å²) in [6.45, 7) is 4.92. The number of nitrogens with zero attached hydrogens (tertiary/aromatic N) is 5. The van der Waals surface area contributed by atoms with Crippen molar-refractivity contribution in [3.63, 3.8) is 0 Å². The van der Waals surface area contributed by atoms with E-state index < -0.39 is 0 Å². The van der Waals surface area contributed by atoms with Gasteiger partial charge >= 0.3 is 0 Å². The zero-order valence-corrected chi connectivity index (χ0v) is 21.8. The standard InChI is InChI=1S/C24H27BrN6O3S/c1-13-8-15(13)23(32)30-5-2-14(3-6-30)4-7-31-11-27-21(26)20-22(31)29-24(28-20)35-19-10-18-17(9-16(19)25)33-12-34-18/h9-11,13-15H,2-8,12,26H2,1H3. The average Bonchev–Trinajstić information content (AvgIpc) is 3.21. The molecule has 2 N–H and O–H groups in total. The molecule has 5 aliphatic rings. The van der Waals surface area contributed by atoms with Crippen molar-refractivity contribution in [3.8, 4) is 23.0 Å². The van der Waals surface area contributed by atoms with Crippen molar-refractivity contribution in [2.45, 2.75) is 49.2 Å². The number of anilines is 1. The molecule has 2 unspecified atom stereocenters. The lowest BCUT2D eigenvalue weighted by Crippen LogP contribution is -2.39. The van der Waals surface area contributed by atoms with Crippen molar-refractivity contribution in [1.82, 2.24) is 24.4 Å². The van der Waals surface area contributed by atoms with Gasteiger partial charge in [0.15, 0.2) is 34.0 Å². The lowest BCUT2D eigenvalue weighted by atomic mass is 9.93. The highest BCUT2D eigenvalue weighted by Crippen LogP contribution is 2.43. The second kappa shape index (κ2) is 9.16. The number of carbonyl (C=O) groups excluding carboxylic acids is 1. The van der Waals surface area contributed by atoms with Crippen LogP contribution in [0.25, 0.3) is 11.5 Å². The van der Waals surface area contributed by atoms with Crippen LogP contribution < -0.4 is 15.2 Å². The summed E-state index contributed by atoms with van der Waals surface area (Å²) >= 11 is 5.04. The fourth-order valence-corrected chi connectivity index (χ4v) is 6.24. The van der Waals surface area contributed by atoms with Gasteiger partial charge in [0.2, 0.25) is 12.7 Å². The summed E-state index contributed by atoms with van der Waals surface area (Å²) in [6, 6.07) is 3.82. The van der Waals surface area contributed by atoms with Gasteiger partial charge in [0.05, 0.1) is 6.33 Å². The first kappa shape index (κ1) is 22.9. The first-order chi connectivity index (χ1) is 17.0. The van der Waals surface area contributed by atoms with Crippen molar-refractivity contribution in [3.05, 3.63) is 22.9 Å². The number of piperidine rings is 1. The molecular weight excluding hydrogens is 532 g/mol. The number of likely N-dealkylation sites (tertiary alicyclic amines) is 1. The minimum Gasteiger partial charge on any atom is -0.454 e. The molecule has 1 aromatic rings. The molecule has 11 heteroatoms. The number of benzene rings is 1. The Labute approximate surface area is 216 Å². The molecule has 0 spiro atoms. The number of halogens is 1. The summed E-state index contributed by atoms with van der Waals surface area (Å²) in [5.74, 6) is 4.34. The van der Waals surface area contributed by atoms with Crippen LogP contribution >= 0.6 is 27.7 Å². The molecule has 1 saturated heterocycles. The normalized spacial score (nSPS) is 21.6. The Morgan fingerprint density at radius 1 is 1.23 bits per heavy atom. The van der Waals surface area contributed by atoms with Crippen LogP contribution in [-0.4, -0.2) is 50.2 Å². The molecule has 0 radical (unpaired) electrons. The Morgan fingerprint density at radius 3 is 2.71 bits per heavy atom. The topological polar surface area (TPSA) is 108 Å². The minimum atomic E-state index is 0.226. The molecule has 4 aliphatic heterocycles. The maximum atomic E-state index is 12.5. The van der Waals surface area contributed by atoms with Crippen LogP contribution in [0.1, 0.15) is 32.6 Å². The molecule has 1 amide bonds. The Bertz CT molecular complexity index is 1240. The molecule has 1 saturated carbocycles. The van der Waals surface area contributed by atoms with Gasteiger partial charge in [-0.1, -0.05) is 6.92 Å². The van der Waals surface area contributed by atoms with Crippen LogP contribution in [0.5, 0.6) is 11.5 Å². The Morgan fingerprint density at radius 2 is 1.97 bits per heavy atom. The molecule has 4 heterocycles. The molecular formula is C24H27BrN6O3S. The van der Waals surface area contributed by atoms with Crippen molar-refractivity contribution in [2.24, 2.45) is 17.8 Å². The minimum absolute atomic E-state index is 0.226. The monoisotopic (exact) mass is 558 g/mol. The number of hydrogen-bond acceptors (Lipinski definition) is 8. The van der Waals surface area contributed by atoms with E-state index in [0.29, 0.717) is 40.2 Å². The molecule has 6 rings (SSSR count). The number of nitrogens with two attached hydrogens (primary N) is 1. The van der Waals surface area contributed by atoms with Gasteiger partial charge in [-0.25, -0.2) is 15.0 Å². The van der Waals surface area contributed by atoms with Crippen molar-refractivity contribution in [2.75, 3.05) is 25.6 Å². The zero-order valence-electron chi connectivity index (χ0n) is 19.4. The van der Waals surface area contributed by atoms with Gasteiger partial charge in [-0.3, -0.25) is 4.79 Å². The van der Waals surface area contributed by atoms with Crippen LogP contribution in [0, 0.1) is 17.8 Å². The molecule has 1 aliphatic carbocycles. The largest absolute Gasteiger partial charge is 0.454 e. The van der Waals surface area contributed by atoms with Crippen molar-refractivity contribution < 1.29 is 14.3 Å². The lowest BCUT2D eigenvalue weighted by molar-refractivity contribution is -0.134. The van der Waals surface area contributed by atoms with E-state index in [0.717, 1.165) is 66.3 Å². The van der Waals surface area contributed by atoms with Crippen LogP contribution in [0.4, 0.5) is 5.82 Å². The Kier molecular flexibility index (Phi) is 6.00. The van der Waals surface area contributed by atoms with Crippen LogP contribution in [-0.2, 0) is 11.3 Å². The second-order valence-electron chi connectivity index (χ2n) is 9.62. The van der Waals surface area contributed by atoms with E-state index in [1.165, 1.54) is 11.8 Å². The summed E-state index contributed by atoms with van der Waals surface area (Å²) in [5.41, 5.74) is 6.75. The van der Waals surface area contributed by atoms with Gasteiger partial charge in [0.1, 0.15) is 0 Å². The van der Waals surface area contributed by atoms with Crippen LogP contribution in [0.15, 0.2) is 33.0 Å². The number of amides is 1. The van der Waals surface area contributed by atoms with E-state index in [9.17, 15) is 4.79 Å². The number of imidazole rings is 1. The predicted octanol–water partition coefficient (Wildman–Crippen LogP) is 4.29. The molecule has 0 aromatic heterocycles. The molecule has 35 heavy (non-hydrogen) atoms. The van der Waals surface area contributed by atoms with Crippen LogP contribution in [0.3, 0.4) is 0 Å². The van der Waals surface area contributed by atoms with Gasteiger partial charge < -0.3 is 24.7 Å². The molecule has 0 bridgehead atoms. The fourth-order valence-electron chi connectivity index (χ4n) is 4.88. The van der Waals surface area contributed by atoms with Crippen molar-refractivity contribution in [1.29, 1.82) is 0 Å². The quantitative estimate of drug-likeness (QED) is 0.477. The first-order valence-electron chi connectivity index (χ1n) is 12.0. The summed E-state index contributed by atoms with van der Waals surface area (Å²) in [6.07, 6.45) is 5.92. The molecule has 184 valence electrons. The van der Waals surface area contributed by atoms with E-state index in [4.69, 9.17) is 20.2 Å². The van der Waals surface area contributed by atoms with E-state index in [1.54, 1.807) is 6.33 Å². The molecule has 1 aromatic carbocycles. The number of rotatable bonds is 6. The summed E-state index contributed by atoms with van der Waals surface area (Å²) in [5, 5.41) is 0.606. The van der Waals surface area contributed by atoms with Gasteiger partial charge in [-0.15, -0.1) is 0 Å². The maximum Gasteiger partial charge on any atom is 0.231 e. The lowest BCUT2D eigenvalue weighted by Gasteiger charge is -2.32. The summed E-state index contributed by atoms with van der Waals surface area (Å²) in [4.78, 5) is 29.3. The smallest absolute Gasteiger partial charge is 0.231 e. The van der Waals surface area contributed by atoms with E-state index in [1.807, 2.05) is 16.7 Å². The summed E-state index contributed by atoms with van der Waals surface area (Å²) in [7, 11) is 0. The average molecular weight is 559 g/mol. The molecule has 2 atom stereocenters. The SMILES string of the molecule is CC1CC1C(=O)N1CCC(CCn2cnc(N)c3nc(Sc4cc5c(cc4Br)OCO5)nc2-3)CC1. The second-order valence-corrected chi connectivity index (χ2v) is 11.5. The summed E-state index contributed by atoms with van der Waals surface area (Å²) < 4.78 is 13.9. The Hall–Kier alpha value is -2.53.